The van der Waals surface area contributed by atoms with Crippen LogP contribution >= 0.6 is 0 Å². The minimum Gasteiger partial charge on any atom is -0.399 e. The minimum absolute atomic E-state index is 0.0716. The van der Waals surface area contributed by atoms with Crippen molar-refractivity contribution in [2.24, 2.45) is 0 Å². The molecule has 102 valence electrons. The van der Waals surface area contributed by atoms with E-state index in [4.69, 9.17) is 5.73 Å². The second-order valence-electron chi connectivity index (χ2n) is 5.12. The number of anilines is 1. The second-order valence-corrected chi connectivity index (χ2v) is 5.12. The van der Waals surface area contributed by atoms with Crippen LogP contribution in [0.3, 0.4) is 0 Å². The molecule has 0 aliphatic carbocycles. The predicted molar refractivity (Wildman–Crippen MR) is 78.6 cm³/mol. The van der Waals surface area contributed by atoms with Crippen molar-refractivity contribution < 1.29 is 4.79 Å². The zero-order valence-electron chi connectivity index (χ0n) is 11.5. The molecule has 0 spiro atoms. The van der Waals surface area contributed by atoms with Gasteiger partial charge in [0.25, 0.3) is 0 Å². The molecule has 1 heterocycles. The Balaban J connectivity index is 1.97. The fourth-order valence-electron chi connectivity index (χ4n) is 2.18. The van der Waals surface area contributed by atoms with Gasteiger partial charge in [-0.05, 0) is 37.7 Å². The van der Waals surface area contributed by atoms with Crippen LogP contribution < -0.4 is 5.73 Å². The molecular weight excluding hydrogens is 238 g/mol. The largest absolute Gasteiger partial charge is 0.399 e. The van der Waals surface area contributed by atoms with Crippen LogP contribution in [0.2, 0.25) is 0 Å². The van der Waals surface area contributed by atoms with Gasteiger partial charge in [0.1, 0.15) is 0 Å². The Morgan fingerprint density at radius 3 is 2.89 bits per heavy atom. The highest BCUT2D eigenvalue weighted by Crippen LogP contribution is 2.10. The summed E-state index contributed by atoms with van der Waals surface area (Å²) >= 11 is 0. The van der Waals surface area contributed by atoms with Gasteiger partial charge < -0.3 is 15.5 Å². The Hall–Kier alpha value is -1.81. The minimum atomic E-state index is 0.0716. The zero-order valence-corrected chi connectivity index (χ0v) is 11.5. The molecule has 2 rings (SSSR count). The summed E-state index contributed by atoms with van der Waals surface area (Å²) < 4.78 is 0. The van der Waals surface area contributed by atoms with Crippen LogP contribution in [0, 0.1) is 0 Å². The molecular formula is C15H21N3O. The van der Waals surface area contributed by atoms with E-state index in [0.29, 0.717) is 11.7 Å². The van der Waals surface area contributed by atoms with E-state index < -0.39 is 0 Å². The summed E-state index contributed by atoms with van der Waals surface area (Å²) in [6, 6.07) is 7.93. The van der Waals surface area contributed by atoms with Gasteiger partial charge in [-0.1, -0.05) is 12.1 Å². The molecule has 1 saturated heterocycles. The van der Waals surface area contributed by atoms with Gasteiger partial charge >= 0.3 is 0 Å². The summed E-state index contributed by atoms with van der Waals surface area (Å²) in [7, 11) is 2.09. The van der Waals surface area contributed by atoms with Gasteiger partial charge in [-0.3, -0.25) is 4.79 Å². The highest BCUT2D eigenvalue weighted by atomic mass is 16.2. The summed E-state index contributed by atoms with van der Waals surface area (Å²) in [5.41, 5.74) is 7.37. The summed E-state index contributed by atoms with van der Waals surface area (Å²) in [6.45, 7) is 4.65. The van der Waals surface area contributed by atoms with Crippen molar-refractivity contribution in [3.8, 4) is 0 Å². The molecule has 2 N–H and O–H groups in total. The average Bonchev–Trinajstić information content (AvgIpc) is 2.39. The lowest BCUT2D eigenvalue weighted by Crippen LogP contribution is -2.51. The topological polar surface area (TPSA) is 49.6 Å². The molecule has 1 aromatic rings. The number of rotatable bonds is 2. The molecule has 4 nitrogen and oxygen atoms in total. The van der Waals surface area contributed by atoms with Crippen LogP contribution in [0.25, 0.3) is 6.08 Å². The van der Waals surface area contributed by atoms with Gasteiger partial charge in [0.2, 0.25) is 5.91 Å². The number of carbonyl (C=O) groups excluding carboxylic acids is 1. The van der Waals surface area contributed by atoms with E-state index in [-0.39, 0.29) is 5.91 Å². The van der Waals surface area contributed by atoms with Crippen molar-refractivity contribution in [1.29, 1.82) is 0 Å². The van der Waals surface area contributed by atoms with E-state index in [9.17, 15) is 4.79 Å². The molecule has 1 amide bonds. The lowest BCUT2D eigenvalue weighted by Gasteiger charge is -2.37. The van der Waals surface area contributed by atoms with E-state index in [0.717, 1.165) is 25.2 Å². The van der Waals surface area contributed by atoms with E-state index in [1.807, 2.05) is 35.2 Å². The first-order valence-electron chi connectivity index (χ1n) is 6.59. The Labute approximate surface area is 114 Å². The predicted octanol–water partition coefficient (Wildman–Crippen LogP) is 1.44. The standard InChI is InChI=1S/C15H21N3O/c1-12-11-18(9-8-17(12)2)15(19)7-6-13-4-3-5-14(16)10-13/h3-7,10,12H,8-9,11,16H2,1-2H3/b7-6+. The maximum atomic E-state index is 12.1. The summed E-state index contributed by atoms with van der Waals surface area (Å²) in [5, 5.41) is 0. The molecule has 1 aliphatic heterocycles. The molecule has 0 aromatic heterocycles. The molecule has 1 unspecified atom stereocenters. The molecule has 0 radical (unpaired) electrons. The third kappa shape index (κ3) is 3.58. The molecule has 1 fully saturated rings. The monoisotopic (exact) mass is 259 g/mol. The highest BCUT2D eigenvalue weighted by Gasteiger charge is 2.22. The zero-order chi connectivity index (χ0) is 13.8. The maximum absolute atomic E-state index is 12.1. The van der Waals surface area contributed by atoms with Crippen molar-refractivity contribution in [3.63, 3.8) is 0 Å². The van der Waals surface area contributed by atoms with Crippen LogP contribution in [-0.4, -0.2) is 48.4 Å². The number of hydrogen-bond donors (Lipinski definition) is 1. The van der Waals surface area contributed by atoms with Gasteiger partial charge in [-0.2, -0.15) is 0 Å². The number of nitrogen functional groups attached to an aromatic ring is 1. The first-order valence-corrected chi connectivity index (χ1v) is 6.59. The summed E-state index contributed by atoms with van der Waals surface area (Å²) in [5.74, 6) is 0.0716. The quantitative estimate of drug-likeness (QED) is 0.646. The number of piperazine rings is 1. The molecule has 19 heavy (non-hydrogen) atoms. The van der Waals surface area contributed by atoms with Crippen molar-refractivity contribution in [1.82, 2.24) is 9.80 Å². The number of amides is 1. The fraction of sp³-hybridized carbons (Fsp3) is 0.400. The number of nitrogens with zero attached hydrogens (tertiary/aromatic N) is 2. The maximum Gasteiger partial charge on any atom is 0.246 e. The molecule has 1 aliphatic rings. The van der Waals surface area contributed by atoms with Gasteiger partial charge in [-0.15, -0.1) is 0 Å². The Morgan fingerprint density at radius 2 is 2.21 bits per heavy atom. The first kappa shape index (κ1) is 13.6. The first-order chi connectivity index (χ1) is 9.06. The van der Waals surface area contributed by atoms with E-state index in [2.05, 4.69) is 18.9 Å². The molecule has 1 atom stereocenters. The number of benzene rings is 1. The van der Waals surface area contributed by atoms with E-state index in [1.54, 1.807) is 6.08 Å². The van der Waals surface area contributed by atoms with Crippen LogP contribution in [0.1, 0.15) is 12.5 Å². The van der Waals surface area contributed by atoms with Gasteiger partial charge in [-0.25, -0.2) is 0 Å². The summed E-state index contributed by atoms with van der Waals surface area (Å²) in [4.78, 5) is 16.3. The number of likely N-dealkylation sites (N-methyl/N-ethyl adjacent to an activating group) is 1. The van der Waals surface area contributed by atoms with E-state index in [1.165, 1.54) is 0 Å². The van der Waals surface area contributed by atoms with Crippen molar-refractivity contribution in [2.45, 2.75) is 13.0 Å². The van der Waals surface area contributed by atoms with Gasteiger partial charge in [0, 0.05) is 37.4 Å². The number of nitrogens with two attached hydrogens (primary N) is 1. The van der Waals surface area contributed by atoms with Gasteiger partial charge in [0.05, 0.1) is 0 Å². The number of hydrogen-bond acceptors (Lipinski definition) is 3. The van der Waals surface area contributed by atoms with Crippen LogP contribution in [0.5, 0.6) is 0 Å². The van der Waals surface area contributed by atoms with Crippen molar-refractivity contribution >= 4 is 17.7 Å². The normalized spacial score (nSPS) is 20.9. The third-order valence-corrected chi connectivity index (χ3v) is 3.60. The second kappa shape index (κ2) is 5.89. The van der Waals surface area contributed by atoms with Gasteiger partial charge in [0.15, 0.2) is 0 Å². The van der Waals surface area contributed by atoms with Crippen LogP contribution in [-0.2, 0) is 4.79 Å². The van der Waals surface area contributed by atoms with Crippen LogP contribution in [0.4, 0.5) is 5.69 Å². The molecule has 0 saturated carbocycles. The average molecular weight is 259 g/mol. The van der Waals surface area contributed by atoms with Crippen molar-refractivity contribution in [2.75, 3.05) is 32.4 Å². The molecule has 0 bridgehead atoms. The lowest BCUT2D eigenvalue weighted by molar-refractivity contribution is -0.128. The number of carbonyl (C=O) groups is 1. The molecule has 4 heteroatoms. The Morgan fingerprint density at radius 1 is 1.42 bits per heavy atom. The molecule has 1 aromatic carbocycles. The summed E-state index contributed by atoms with van der Waals surface area (Å²) in [6.07, 6.45) is 3.45. The van der Waals surface area contributed by atoms with Crippen LogP contribution in [0.15, 0.2) is 30.3 Å². The SMILES string of the molecule is CC1CN(C(=O)/C=C/c2cccc(N)c2)CCN1C. The van der Waals surface area contributed by atoms with E-state index >= 15 is 0 Å². The lowest BCUT2D eigenvalue weighted by atomic mass is 10.1. The Bertz CT molecular complexity index is 484. The highest BCUT2D eigenvalue weighted by molar-refractivity contribution is 5.92. The fourth-order valence-corrected chi connectivity index (χ4v) is 2.18. The van der Waals surface area contributed by atoms with Crippen molar-refractivity contribution in [3.05, 3.63) is 35.9 Å². The third-order valence-electron chi connectivity index (χ3n) is 3.60. The Kier molecular flexibility index (Phi) is 4.22. The smallest absolute Gasteiger partial charge is 0.246 e.